The van der Waals surface area contributed by atoms with E-state index in [1.54, 1.807) is 29.3 Å². The molecule has 3 heterocycles. The van der Waals surface area contributed by atoms with Crippen LogP contribution in [0.2, 0.25) is 0 Å². The molecule has 2 aromatic heterocycles. The Kier molecular flexibility index (Phi) is 6.71. The maximum absolute atomic E-state index is 12.0. The summed E-state index contributed by atoms with van der Waals surface area (Å²) in [5.41, 5.74) is 1.86. The summed E-state index contributed by atoms with van der Waals surface area (Å²) in [6.45, 7) is 5.42. The Morgan fingerprint density at radius 3 is 2.55 bits per heavy atom. The molecule has 0 bridgehead atoms. The van der Waals surface area contributed by atoms with Crippen LogP contribution in [-0.2, 0) is 25.9 Å². The first-order valence-corrected chi connectivity index (χ1v) is 12.9. The summed E-state index contributed by atoms with van der Waals surface area (Å²) in [4.78, 5) is 18.6. The van der Waals surface area contributed by atoms with Crippen LogP contribution in [0, 0.1) is 0 Å². The van der Waals surface area contributed by atoms with Gasteiger partial charge in [-0.1, -0.05) is 6.07 Å². The molecule has 0 aliphatic carbocycles. The number of piperidine rings is 1. The van der Waals surface area contributed by atoms with Crippen LogP contribution >= 0.6 is 0 Å². The summed E-state index contributed by atoms with van der Waals surface area (Å²) < 4.78 is 36.8. The van der Waals surface area contributed by atoms with E-state index in [1.165, 1.54) is 6.26 Å². The molecule has 0 unspecified atom stereocenters. The minimum absolute atomic E-state index is 0.102. The molecule has 0 radical (unpaired) electrons. The quantitative estimate of drug-likeness (QED) is 0.541. The Bertz CT molecular complexity index is 1230. The number of amides is 1. The lowest BCUT2D eigenvalue weighted by Crippen LogP contribution is -2.41. The predicted molar refractivity (Wildman–Crippen MR) is 125 cm³/mol. The Morgan fingerprint density at radius 2 is 1.91 bits per heavy atom. The van der Waals surface area contributed by atoms with Crippen molar-refractivity contribution in [3.8, 4) is 5.82 Å². The number of likely N-dealkylation sites (tertiary alicyclic amines) is 1. The zero-order chi connectivity index (χ0) is 23.6. The van der Waals surface area contributed by atoms with Crippen molar-refractivity contribution in [3.05, 3.63) is 54.4 Å². The lowest BCUT2D eigenvalue weighted by Gasteiger charge is -2.31. The molecule has 1 aromatic carbocycles. The van der Waals surface area contributed by atoms with Gasteiger partial charge in [-0.15, -0.1) is 0 Å². The van der Waals surface area contributed by atoms with Crippen molar-refractivity contribution in [2.75, 3.05) is 19.3 Å². The molecule has 0 saturated carbocycles. The molecule has 33 heavy (non-hydrogen) atoms. The van der Waals surface area contributed by atoms with Crippen molar-refractivity contribution < 1.29 is 22.7 Å². The van der Waals surface area contributed by atoms with Crippen LogP contribution in [0.5, 0.6) is 0 Å². The standard InChI is InChI=1S/C24H29N3O5S/c1-17(2)32-24(28)26-11-9-20(10-12-26)31-16-18-4-7-23(25-15-18)27-13-8-19-14-21(33(3,29)30)5-6-22(19)27/h4-8,13-15,17,20H,9-12,16H2,1-3H3. The van der Waals surface area contributed by atoms with E-state index in [0.717, 1.165) is 35.1 Å². The van der Waals surface area contributed by atoms with Gasteiger partial charge in [0.25, 0.3) is 0 Å². The second-order valence-electron chi connectivity index (χ2n) is 8.63. The van der Waals surface area contributed by atoms with E-state index in [0.29, 0.717) is 24.6 Å². The second kappa shape index (κ2) is 9.52. The molecule has 4 rings (SSSR count). The van der Waals surface area contributed by atoms with E-state index in [-0.39, 0.29) is 18.3 Å². The van der Waals surface area contributed by atoms with Gasteiger partial charge in [-0.25, -0.2) is 18.2 Å². The maximum atomic E-state index is 12.0. The molecule has 0 N–H and O–H groups in total. The van der Waals surface area contributed by atoms with Gasteiger partial charge in [-0.2, -0.15) is 0 Å². The molecule has 0 spiro atoms. The minimum atomic E-state index is -3.25. The van der Waals surface area contributed by atoms with E-state index < -0.39 is 9.84 Å². The molecule has 1 aliphatic rings. The van der Waals surface area contributed by atoms with Gasteiger partial charge >= 0.3 is 6.09 Å². The van der Waals surface area contributed by atoms with Crippen LogP contribution in [0.1, 0.15) is 32.3 Å². The van der Waals surface area contributed by atoms with E-state index >= 15 is 0 Å². The molecular formula is C24H29N3O5S. The van der Waals surface area contributed by atoms with Crippen molar-refractivity contribution in [2.24, 2.45) is 0 Å². The van der Waals surface area contributed by atoms with Gasteiger partial charge in [0.05, 0.1) is 29.2 Å². The summed E-state index contributed by atoms with van der Waals surface area (Å²) in [5.74, 6) is 0.748. The highest BCUT2D eigenvalue weighted by Crippen LogP contribution is 2.23. The average Bonchev–Trinajstić information content (AvgIpc) is 3.21. The smallest absolute Gasteiger partial charge is 0.410 e. The number of fused-ring (bicyclic) bond motifs is 1. The number of carbonyl (C=O) groups is 1. The number of ether oxygens (including phenoxy) is 2. The fourth-order valence-corrected chi connectivity index (χ4v) is 4.55. The fraction of sp³-hybridized carbons (Fsp3) is 0.417. The van der Waals surface area contributed by atoms with Crippen LogP contribution in [-0.4, -0.2) is 60.5 Å². The van der Waals surface area contributed by atoms with E-state index in [2.05, 4.69) is 4.98 Å². The van der Waals surface area contributed by atoms with Crippen molar-refractivity contribution in [1.82, 2.24) is 14.5 Å². The summed E-state index contributed by atoms with van der Waals surface area (Å²) in [7, 11) is -3.25. The predicted octanol–water partition coefficient (Wildman–Crippen LogP) is 3.96. The normalized spacial score (nSPS) is 15.3. The number of sulfone groups is 1. The van der Waals surface area contributed by atoms with Gasteiger partial charge in [0.1, 0.15) is 5.82 Å². The highest BCUT2D eigenvalue weighted by molar-refractivity contribution is 7.90. The highest BCUT2D eigenvalue weighted by atomic mass is 32.2. The third kappa shape index (κ3) is 5.54. The molecule has 1 saturated heterocycles. The van der Waals surface area contributed by atoms with Crippen LogP contribution in [0.4, 0.5) is 4.79 Å². The van der Waals surface area contributed by atoms with Crippen molar-refractivity contribution in [1.29, 1.82) is 0 Å². The van der Waals surface area contributed by atoms with Crippen LogP contribution in [0.3, 0.4) is 0 Å². The van der Waals surface area contributed by atoms with Crippen LogP contribution in [0.25, 0.3) is 16.7 Å². The molecule has 176 valence electrons. The van der Waals surface area contributed by atoms with Gasteiger partial charge in [0.15, 0.2) is 9.84 Å². The number of aromatic nitrogens is 2. The number of pyridine rings is 1. The van der Waals surface area contributed by atoms with E-state index in [4.69, 9.17) is 9.47 Å². The molecule has 1 amide bonds. The van der Waals surface area contributed by atoms with Gasteiger partial charge in [0.2, 0.25) is 0 Å². The second-order valence-corrected chi connectivity index (χ2v) is 10.6. The van der Waals surface area contributed by atoms with Crippen LogP contribution in [0.15, 0.2) is 53.7 Å². The summed E-state index contributed by atoms with van der Waals surface area (Å²) in [6.07, 6.45) is 6.18. The third-order valence-electron chi connectivity index (χ3n) is 5.67. The molecule has 9 heteroatoms. The maximum Gasteiger partial charge on any atom is 0.410 e. The number of rotatable bonds is 6. The highest BCUT2D eigenvalue weighted by Gasteiger charge is 2.24. The van der Waals surface area contributed by atoms with Gasteiger partial charge in [-0.05, 0) is 62.6 Å². The van der Waals surface area contributed by atoms with Crippen LogP contribution < -0.4 is 0 Å². The SMILES string of the molecule is CC(C)OC(=O)N1CCC(OCc2ccc(-n3ccc4cc(S(C)(=O)=O)ccc43)nc2)CC1. The molecular weight excluding hydrogens is 442 g/mol. The Balaban J connectivity index is 1.34. The first kappa shape index (κ1) is 23.3. The number of benzene rings is 1. The monoisotopic (exact) mass is 471 g/mol. The zero-order valence-corrected chi connectivity index (χ0v) is 19.9. The Labute approximate surface area is 194 Å². The molecule has 8 nitrogen and oxygen atoms in total. The molecule has 0 atom stereocenters. The lowest BCUT2D eigenvalue weighted by atomic mass is 10.1. The topological polar surface area (TPSA) is 90.7 Å². The first-order chi connectivity index (χ1) is 15.7. The third-order valence-corrected chi connectivity index (χ3v) is 6.78. The Hall–Kier alpha value is -2.91. The fourth-order valence-electron chi connectivity index (χ4n) is 3.89. The number of nitrogens with zero attached hydrogens (tertiary/aromatic N) is 3. The number of hydrogen-bond donors (Lipinski definition) is 0. The zero-order valence-electron chi connectivity index (χ0n) is 19.1. The molecule has 3 aromatic rings. The van der Waals surface area contributed by atoms with E-state index in [1.807, 2.05) is 42.8 Å². The lowest BCUT2D eigenvalue weighted by molar-refractivity contribution is -0.00624. The van der Waals surface area contributed by atoms with Crippen molar-refractivity contribution in [2.45, 2.75) is 50.4 Å². The number of hydrogen-bond acceptors (Lipinski definition) is 6. The van der Waals surface area contributed by atoms with Gasteiger partial charge in [-0.3, -0.25) is 0 Å². The summed E-state index contributed by atoms with van der Waals surface area (Å²) in [5, 5.41) is 0.843. The van der Waals surface area contributed by atoms with Crippen molar-refractivity contribution >= 4 is 26.8 Å². The molecule has 1 aliphatic heterocycles. The van der Waals surface area contributed by atoms with Crippen molar-refractivity contribution in [3.63, 3.8) is 0 Å². The summed E-state index contributed by atoms with van der Waals surface area (Å²) >= 11 is 0. The Morgan fingerprint density at radius 1 is 1.15 bits per heavy atom. The minimum Gasteiger partial charge on any atom is -0.447 e. The van der Waals surface area contributed by atoms with Gasteiger partial charge in [0, 0.05) is 37.1 Å². The first-order valence-electron chi connectivity index (χ1n) is 11.0. The largest absolute Gasteiger partial charge is 0.447 e. The number of carbonyl (C=O) groups excluding carboxylic acids is 1. The van der Waals surface area contributed by atoms with E-state index in [9.17, 15) is 13.2 Å². The average molecular weight is 472 g/mol. The molecule has 1 fully saturated rings. The van der Waals surface area contributed by atoms with Gasteiger partial charge < -0.3 is 18.9 Å². The summed E-state index contributed by atoms with van der Waals surface area (Å²) in [6, 6.07) is 10.9.